The van der Waals surface area contributed by atoms with Crippen LogP contribution in [0.1, 0.15) is 5.69 Å². The highest BCUT2D eigenvalue weighted by atomic mass is 16.4. The number of aliphatic hydroxyl groups is 1. The molecule has 0 radical (unpaired) electrons. The highest BCUT2D eigenvalue weighted by Crippen LogP contribution is 2.29. The molecule has 0 bridgehead atoms. The SMILES string of the molecule is OCc1ncoc1-c1cc2ccccc2o1. The Balaban J connectivity index is 2.19. The maximum absolute atomic E-state index is 9.08. The highest BCUT2D eigenvalue weighted by Gasteiger charge is 2.14. The van der Waals surface area contributed by atoms with Crippen LogP contribution in [0.4, 0.5) is 0 Å². The number of furan rings is 1. The van der Waals surface area contributed by atoms with Crippen LogP contribution in [0.3, 0.4) is 0 Å². The second-order valence-electron chi connectivity index (χ2n) is 3.43. The van der Waals surface area contributed by atoms with Gasteiger partial charge in [-0.3, -0.25) is 0 Å². The number of para-hydroxylation sites is 1. The largest absolute Gasteiger partial charge is 0.453 e. The molecule has 0 amide bonds. The second-order valence-corrected chi connectivity index (χ2v) is 3.43. The summed E-state index contributed by atoms with van der Waals surface area (Å²) in [6.07, 6.45) is 1.30. The molecule has 0 aliphatic carbocycles. The average molecular weight is 215 g/mol. The third-order valence-corrected chi connectivity index (χ3v) is 2.44. The van der Waals surface area contributed by atoms with Crippen LogP contribution in [0.15, 0.2) is 45.6 Å². The van der Waals surface area contributed by atoms with Crippen LogP contribution in [0.5, 0.6) is 0 Å². The summed E-state index contributed by atoms with van der Waals surface area (Å²) in [5.41, 5.74) is 1.27. The van der Waals surface area contributed by atoms with E-state index in [9.17, 15) is 0 Å². The van der Waals surface area contributed by atoms with Crippen LogP contribution in [0.25, 0.3) is 22.5 Å². The Morgan fingerprint density at radius 1 is 1.25 bits per heavy atom. The normalized spacial score (nSPS) is 11.1. The summed E-state index contributed by atoms with van der Waals surface area (Å²) < 4.78 is 10.8. The summed E-state index contributed by atoms with van der Waals surface area (Å²) in [5.74, 6) is 1.07. The number of hydrogen-bond acceptors (Lipinski definition) is 4. The lowest BCUT2D eigenvalue weighted by atomic mass is 10.2. The zero-order chi connectivity index (χ0) is 11.0. The first-order valence-electron chi connectivity index (χ1n) is 4.90. The minimum absolute atomic E-state index is 0.164. The van der Waals surface area contributed by atoms with Gasteiger partial charge in [0.15, 0.2) is 17.9 Å². The lowest BCUT2D eigenvalue weighted by Gasteiger charge is -1.91. The van der Waals surface area contributed by atoms with E-state index in [-0.39, 0.29) is 6.61 Å². The molecule has 0 saturated heterocycles. The highest BCUT2D eigenvalue weighted by molar-refractivity contribution is 5.82. The maximum Gasteiger partial charge on any atom is 0.195 e. The Morgan fingerprint density at radius 2 is 2.12 bits per heavy atom. The number of aromatic nitrogens is 1. The van der Waals surface area contributed by atoms with Crippen molar-refractivity contribution < 1.29 is 13.9 Å². The topological polar surface area (TPSA) is 59.4 Å². The number of benzene rings is 1. The smallest absolute Gasteiger partial charge is 0.195 e. The van der Waals surface area contributed by atoms with Crippen molar-refractivity contribution >= 4 is 11.0 Å². The third-order valence-electron chi connectivity index (χ3n) is 2.44. The van der Waals surface area contributed by atoms with Gasteiger partial charge in [-0.1, -0.05) is 18.2 Å². The van der Waals surface area contributed by atoms with Crippen LogP contribution in [-0.2, 0) is 6.61 Å². The lowest BCUT2D eigenvalue weighted by Crippen LogP contribution is -1.84. The Hall–Kier alpha value is -2.07. The van der Waals surface area contributed by atoms with Crippen molar-refractivity contribution in [2.75, 3.05) is 0 Å². The van der Waals surface area contributed by atoms with Crippen molar-refractivity contribution in [3.05, 3.63) is 42.4 Å². The first kappa shape index (κ1) is 9.18. The van der Waals surface area contributed by atoms with Crippen LogP contribution in [0.2, 0.25) is 0 Å². The number of rotatable bonds is 2. The van der Waals surface area contributed by atoms with Gasteiger partial charge >= 0.3 is 0 Å². The summed E-state index contributed by atoms with van der Waals surface area (Å²) in [6, 6.07) is 9.55. The fourth-order valence-corrected chi connectivity index (χ4v) is 1.68. The minimum Gasteiger partial charge on any atom is -0.453 e. The number of aliphatic hydroxyl groups excluding tert-OH is 1. The molecule has 0 unspecified atom stereocenters. The standard InChI is InChI=1S/C12H9NO3/c14-6-9-12(15-7-13-9)11-5-8-3-1-2-4-10(8)16-11/h1-5,7,14H,6H2. The number of fused-ring (bicyclic) bond motifs is 1. The van der Waals surface area contributed by atoms with Gasteiger partial charge in [-0.25, -0.2) is 4.98 Å². The molecule has 1 N–H and O–H groups in total. The van der Waals surface area contributed by atoms with E-state index in [1.54, 1.807) is 0 Å². The van der Waals surface area contributed by atoms with Gasteiger partial charge in [-0.05, 0) is 12.1 Å². The molecule has 2 heterocycles. The molecule has 0 aliphatic heterocycles. The summed E-state index contributed by atoms with van der Waals surface area (Å²) in [4.78, 5) is 3.90. The Bertz CT molecular complexity index is 591. The second kappa shape index (κ2) is 3.50. The Kier molecular flexibility index (Phi) is 2.01. The van der Waals surface area contributed by atoms with E-state index < -0.39 is 0 Å². The number of nitrogens with zero attached hydrogens (tertiary/aromatic N) is 1. The van der Waals surface area contributed by atoms with E-state index in [0.717, 1.165) is 11.0 Å². The van der Waals surface area contributed by atoms with Crippen LogP contribution >= 0.6 is 0 Å². The molecule has 3 rings (SSSR count). The monoisotopic (exact) mass is 215 g/mol. The van der Waals surface area contributed by atoms with E-state index in [4.69, 9.17) is 13.9 Å². The van der Waals surface area contributed by atoms with Gasteiger partial charge in [-0.2, -0.15) is 0 Å². The molecule has 4 nitrogen and oxygen atoms in total. The predicted molar refractivity (Wildman–Crippen MR) is 57.6 cm³/mol. The molecule has 0 spiro atoms. The Labute approximate surface area is 91.1 Å². The summed E-state index contributed by atoms with van der Waals surface area (Å²) in [5, 5.41) is 10.1. The average Bonchev–Trinajstić information content (AvgIpc) is 2.94. The van der Waals surface area contributed by atoms with Gasteiger partial charge in [0.2, 0.25) is 0 Å². The molecule has 0 fully saturated rings. The zero-order valence-corrected chi connectivity index (χ0v) is 8.38. The predicted octanol–water partition coefficient (Wildman–Crippen LogP) is 2.58. The molecule has 80 valence electrons. The number of hydrogen-bond donors (Lipinski definition) is 1. The molecule has 0 aliphatic rings. The minimum atomic E-state index is -0.164. The van der Waals surface area contributed by atoms with E-state index >= 15 is 0 Å². The quantitative estimate of drug-likeness (QED) is 0.713. The summed E-state index contributed by atoms with van der Waals surface area (Å²) >= 11 is 0. The van der Waals surface area contributed by atoms with Gasteiger partial charge in [-0.15, -0.1) is 0 Å². The molecule has 2 aromatic heterocycles. The van der Waals surface area contributed by atoms with Crippen molar-refractivity contribution in [2.45, 2.75) is 6.61 Å². The molecule has 16 heavy (non-hydrogen) atoms. The molecule has 4 heteroatoms. The molecule has 0 saturated carbocycles. The molecular weight excluding hydrogens is 206 g/mol. The summed E-state index contributed by atoms with van der Waals surface area (Å²) in [7, 11) is 0. The summed E-state index contributed by atoms with van der Waals surface area (Å²) in [6.45, 7) is -0.164. The van der Waals surface area contributed by atoms with Crippen LogP contribution in [0, 0.1) is 0 Å². The van der Waals surface area contributed by atoms with Crippen molar-refractivity contribution in [3.8, 4) is 11.5 Å². The van der Waals surface area contributed by atoms with Crippen molar-refractivity contribution in [2.24, 2.45) is 0 Å². The molecule has 0 atom stereocenters. The first-order valence-corrected chi connectivity index (χ1v) is 4.90. The van der Waals surface area contributed by atoms with Gasteiger partial charge in [0.1, 0.15) is 11.3 Å². The molecular formula is C12H9NO3. The van der Waals surface area contributed by atoms with Gasteiger partial charge < -0.3 is 13.9 Å². The van der Waals surface area contributed by atoms with E-state index in [0.29, 0.717) is 17.2 Å². The van der Waals surface area contributed by atoms with Gasteiger partial charge in [0.25, 0.3) is 0 Å². The third kappa shape index (κ3) is 1.31. The van der Waals surface area contributed by atoms with Gasteiger partial charge in [0, 0.05) is 5.39 Å². The molecule has 3 aromatic rings. The van der Waals surface area contributed by atoms with Crippen LogP contribution < -0.4 is 0 Å². The van der Waals surface area contributed by atoms with Crippen molar-refractivity contribution in [3.63, 3.8) is 0 Å². The fourth-order valence-electron chi connectivity index (χ4n) is 1.68. The Morgan fingerprint density at radius 3 is 2.94 bits per heavy atom. The molecule has 1 aromatic carbocycles. The van der Waals surface area contributed by atoms with Crippen molar-refractivity contribution in [1.29, 1.82) is 0 Å². The fraction of sp³-hybridized carbons (Fsp3) is 0.0833. The number of oxazole rings is 1. The maximum atomic E-state index is 9.08. The van der Waals surface area contributed by atoms with E-state index in [1.165, 1.54) is 6.39 Å². The van der Waals surface area contributed by atoms with Crippen LogP contribution in [-0.4, -0.2) is 10.1 Å². The van der Waals surface area contributed by atoms with E-state index in [1.807, 2.05) is 30.3 Å². The zero-order valence-electron chi connectivity index (χ0n) is 8.38. The van der Waals surface area contributed by atoms with Gasteiger partial charge in [0.05, 0.1) is 6.61 Å². The van der Waals surface area contributed by atoms with E-state index in [2.05, 4.69) is 4.98 Å². The first-order chi connectivity index (χ1) is 7.88. The lowest BCUT2D eigenvalue weighted by molar-refractivity contribution is 0.277. The van der Waals surface area contributed by atoms with Crippen molar-refractivity contribution in [1.82, 2.24) is 4.98 Å².